The van der Waals surface area contributed by atoms with E-state index in [4.69, 9.17) is 97.7 Å². The largest absolute Gasteiger partial charge is 0.507 e. The van der Waals surface area contributed by atoms with E-state index in [0.717, 1.165) is 0 Å². The van der Waals surface area contributed by atoms with Gasteiger partial charge in [-0.2, -0.15) is 0 Å². The van der Waals surface area contributed by atoms with Gasteiger partial charge in [0.15, 0.2) is 0 Å². The van der Waals surface area contributed by atoms with E-state index in [1.165, 1.54) is 51.9 Å². The quantitative estimate of drug-likeness (QED) is 0.0823. The second-order valence-corrected chi connectivity index (χ2v) is 12.7. The Morgan fingerprint density at radius 3 is 0.595 bits per heavy atom. The molecule has 0 aromatic carbocycles. The zero-order valence-electron chi connectivity index (χ0n) is 20.3. The maximum Gasteiger partial charge on any atom is 0.507 e. The molecule has 0 aliphatic carbocycles. The van der Waals surface area contributed by atoms with Crippen LogP contribution in [0.25, 0.3) is 0 Å². The Hall–Kier alpha value is 0.690. The lowest BCUT2D eigenvalue weighted by Crippen LogP contribution is -2.41. The Morgan fingerprint density at radius 1 is 0.405 bits per heavy atom. The molecule has 0 aromatic heterocycles. The Balaban J connectivity index is -0.000000133. The lowest BCUT2D eigenvalue weighted by atomic mass is 10.4. The van der Waals surface area contributed by atoms with E-state index < -0.39 is 47.4 Å². The first-order valence-electron chi connectivity index (χ1n) is 9.51. The fraction of sp³-hybridized carbons (Fsp3) is 1.00. The monoisotopic (exact) mass is 788 g/mol. The Bertz CT molecular complexity index is 750. The normalized spacial score (nSPS) is 16.3. The van der Waals surface area contributed by atoms with Gasteiger partial charge in [-0.3, -0.25) is 68.5 Å². The number of halogens is 7. The van der Waals surface area contributed by atoms with Crippen LogP contribution in [0.2, 0.25) is 0 Å². The SMILES string of the molecule is ClC(N1CCCC1)N1CCCC1.O=P(O)(O)F.O=P(O)(O)F.O=P(O)(O)F.O=P(O)(O)F.O=P(O)(O)F.O=P(O)(O)F. The molecule has 0 aromatic rings. The summed E-state index contributed by atoms with van der Waals surface area (Å²) in [4.78, 5) is 88.4. The molecule has 2 saturated heterocycles. The molecular weight excluding hydrogens is 759 g/mol. The standard InChI is InChI=1S/C9H17ClN2.6FH2O3P/c10-9(11-5-1-2-6-11)12-7-3-4-8-12;6*1-5(2,3)4/h9H,1-8H2;6*(H2,2,3,4). The molecule has 0 atom stereocenters. The third kappa shape index (κ3) is 125. The van der Waals surface area contributed by atoms with Gasteiger partial charge in [-0.05, 0) is 25.7 Å². The predicted octanol–water partition coefficient (Wildman–Crippen LogP) is 1.99. The van der Waals surface area contributed by atoms with Crippen molar-refractivity contribution in [2.45, 2.75) is 31.3 Å². The van der Waals surface area contributed by atoms with Crippen LogP contribution in [0.4, 0.5) is 25.2 Å². The lowest BCUT2D eigenvalue weighted by molar-refractivity contribution is 0.145. The average molecular weight is 789 g/mol. The number of hydrogen-bond donors (Lipinski definition) is 12. The van der Waals surface area contributed by atoms with Crippen molar-refractivity contribution in [1.82, 2.24) is 9.80 Å². The molecule has 0 amide bonds. The molecule has 0 unspecified atom stereocenters. The van der Waals surface area contributed by atoms with Crippen LogP contribution in [0.15, 0.2) is 0 Å². The van der Waals surface area contributed by atoms with E-state index in [2.05, 4.69) is 9.80 Å². The van der Waals surface area contributed by atoms with Crippen LogP contribution >= 0.6 is 59.0 Å². The molecule has 2 rings (SSSR count). The van der Waals surface area contributed by atoms with Crippen molar-refractivity contribution in [2.24, 2.45) is 0 Å². The number of likely N-dealkylation sites (tertiary alicyclic amines) is 2. The molecule has 0 spiro atoms. The second-order valence-electron chi connectivity index (χ2n) is 6.63. The van der Waals surface area contributed by atoms with E-state index in [9.17, 15) is 25.2 Å². The van der Waals surface area contributed by atoms with Gasteiger partial charge < -0.3 is 0 Å². The minimum absolute atomic E-state index is 0.190. The van der Waals surface area contributed by atoms with Gasteiger partial charge >= 0.3 is 47.4 Å². The summed E-state index contributed by atoms with van der Waals surface area (Å²) in [5, 5.41) is 0. The first-order valence-corrected chi connectivity index (χ1v) is 19.0. The first-order chi connectivity index (χ1) is 17.9. The van der Waals surface area contributed by atoms with Crippen LogP contribution in [0, 0.1) is 0 Å². The van der Waals surface area contributed by atoms with E-state index in [0.29, 0.717) is 0 Å². The van der Waals surface area contributed by atoms with Gasteiger partial charge in [-0.1, -0.05) is 11.6 Å². The Kier molecular flexibility index (Phi) is 29.8. The first kappa shape index (κ1) is 52.2. The number of alkyl halides is 1. The van der Waals surface area contributed by atoms with E-state index >= 15 is 0 Å². The molecule has 33 heteroatoms. The summed E-state index contributed by atoms with van der Waals surface area (Å²) >= 11 is 6.35. The van der Waals surface area contributed by atoms with Crippen molar-refractivity contribution in [3.63, 3.8) is 0 Å². The highest BCUT2D eigenvalue weighted by molar-refractivity contribution is 7.46. The zero-order valence-corrected chi connectivity index (χ0v) is 26.4. The highest BCUT2D eigenvalue weighted by Crippen LogP contribution is 2.37. The topological polar surface area (TPSA) is 352 Å². The van der Waals surface area contributed by atoms with E-state index in [1.807, 2.05) is 0 Å². The molecule has 2 aliphatic rings. The summed E-state index contributed by atoms with van der Waals surface area (Å²) in [6.45, 7) is 4.80. The molecule has 12 N–H and O–H groups in total. The van der Waals surface area contributed by atoms with Crippen molar-refractivity contribution in [3.8, 4) is 0 Å². The third-order valence-electron chi connectivity index (χ3n) is 2.88. The number of hydrogen-bond acceptors (Lipinski definition) is 8. The van der Waals surface area contributed by atoms with Crippen molar-refractivity contribution >= 4 is 59.0 Å². The molecule has 2 heterocycles. The Labute approximate surface area is 238 Å². The van der Waals surface area contributed by atoms with Crippen molar-refractivity contribution < 1.29 is 111 Å². The van der Waals surface area contributed by atoms with Crippen molar-refractivity contribution in [1.29, 1.82) is 0 Å². The summed E-state index contributed by atoms with van der Waals surface area (Å²) in [6, 6.07) is 0. The minimum atomic E-state index is -5.14. The second kappa shape index (κ2) is 23.9. The predicted molar refractivity (Wildman–Crippen MR) is 130 cm³/mol. The molecule has 0 radical (unpaired) electrons. The summed E-state index contributed by atoms with van der Waals surface area (Å²) in [6.07, 6.45) is 5.32. The van der Waals surface area contributed by atoms with Crippen molar-refractivity contribution in [3.05, 3.63) is 0 Å². The van der Waals surface area contributed by atoms with Crippen LogP contribution in [0.1, 0.15) is 25.7 Å². The molecular formula is C9H29ClF6N2O18P6. The highest BCUT2D eigenvalue weighted by atomic mass is 35.5. The van der Waals surface area contributed by atoms with Gasteiger partial charge in [-0.25, -0.2) is 27.4 Å². The van der Waals surface area contributed by atoms with Crippen LogP contribution in [-0.2, 0) is 27.4 Å². The fourth-order valence-electron chi connectivity index (χ4n) is 2.14. The highest BCUT2D eigenvalue weighted by Gasteiger charge is 2.27. The van der Waals surface area contributed by atoms with Crippen molar-refractivity contribution in [2.75, 3.05) is 26.2 Å². The van der Waals surface area contributed by atoms with Gasteiger partial charge in [0, 0.05) is 26.2 Å². The lowest BCUT2D eigenvalue weighted by Gasteiger charge is -2.29. The summed E-state index contributed by atoms with van der Waals surface area (Å²) in [5.41, 5.74) is 0.190. The van der Waals surface area contributed by atoms with E-state index in [-0.39, 0.29) is 5.62 Å². The maximum absolute atomic E-state index is 10.4. The van der Waals surface area contributed by atoms with Crippen LogP contribution in [0.3, 0.4) is 0 Å². The zero-order chi connectivity index (χ0) is 35.4. The van der Waals surface area contributed by atoms with Gasteiger partial charge in [0.2, 0.25) is 0 Å². The molecule has 262 valence electrons. The average Bonchev–Trinajstić information content (AvgIpc) is 3.27. The van der Waals surface area contributed by atoms with Crippen LogP contribution < -0.4 is 0 Å². The Morgan fingerprint density at radius 2 is 0.500 bits per heavy atom. The summed E-state index contributed by atoms with van der Waals surface area (Å²) in [5.74, 6) is 0. The van der Waals surface area contributed by atoms with Gasteiger partial charge in [0.05, 0.1) is 0 Å². The molecule has 0 saturated carbocycles. The molecule has 2 fully saturated rings. The minimum Gasteiger partial charge on any atom is -0.299 e. The molecule has 42 heavy (non-hydrogen) atoms. The van der Waals surface area contributed by atoms with Gasteiger partial charge in [-0.15, -0.1) is 25.2 Å². The van der Waals surface area contributed by atoms with Gasteiger partial charge in [0.25, 0.3) is 0 Å². The summed E-state index contributed by atoms with van der Waals surface area (Å²) < 4.78 is 114. The molecule has 20 nitrogen and oxygen atoms in total. The van der Waals surface area contributed by atoms with Gasteiger partial charge in [0.1, 0.15) is 5.62 Å². The molecule has 0 bridgehead atoms. The van der Waals surface area contributed by atoms with E-state index in [1.54, 1.807) is 0 Å². The summed E-state index contributed by atoms with van der Waals surface area (Å²) in [7, 11) is -30.8. The third-order valence-corrected chi connectivity index (χ3v) is 3.44. The van der Waals surface area contributed by atoms with Crippen LogP contribution in [-0.4, -0.2) is 100 Å². The molecule has 2 aliphatic heterocycles. The van der Waals surface area contributed by atoms with Crippen LogP contribution in [0.5, 0.6) is 0 Å². The smallest absolute Gasteiger partial charge is 0.299 e. The number of rotatable bonds is 2. The number of nitrogens with zero attached hydrogens (tertiary/aromatic N) is 2. The fourth-order valence-corrected chi connectivity index (χ4v) is 2.53. The maximum atomic E-state index is 10.4.